The number of sulfonamides is 1. The molecule has 2 aliphatic heterocycles. The SMILES string of the molecule is O=C(Nc1ccc(CN2CCOCC2)cc1)C1CCCN(S(=O)(=O)c2ccccc2)C1. The van der Waals surface area contributed by atoms with Gasteiger partial charge in [0.05, 0.1) is 24.0 Å². The van der Waals surface area contributed by atoms with Gasteiger partial charge in [0.25, 0.3) is 0 Å². The van der Waals surface area contributed by atoms with Gasteiger partial charge in [0.15, 0.2) is 0 Å². The monoisotopic (exact) mass is 443 g/mol. The van der Waals surface area contributed by atoms with Crippen molar-refractivity contribution in [2.45, 2.75) is 24.3 Å². The fourth-order valence-corrected chi connectivity index (χ4v) is 5.62. The van der Waals surface area contributed by atoms with E-state index in [0.29, 0.717) is 19.4 Å². The molecule has 166 valence electrons. The van der Waals surface area contributed by atoms with Gasteiger partial charge in [-0.3, -0.25) is 9.69 Å². The molecule has 0 bridgehead atoms. The summed E-state index contributed by atoms with van der Waals surface area (Å²) >= 11 is 0. The number of amides is 1. The Kier molecular flexibility index (Phi) is 7.02. The van der Waals surface area contributed by atoms with Crippen LogP contribution in [0.5, 0.6) is 0 Å². The molecule has 7 nitrogen and oxygen atoms in total. The summed E-state index contributed by atoms with van der Waals surface area (Å²) in [5.74, 6) is -0.492. The second-order valence-corrected chi connectivity index (χ2v) is 10.0. The summed E-state index contributed by atoms with van der Waals surface area (Å²) in [6.45, 7) is 4.92. The summed E-state index contributed by atoms with van der Waals surface area (Å²) in [4.78, 5) is 15.4. The molecule has 1 amide bonds. The molecule has 2 aromatic rings. The Morgan fingerprint density at radius 2 is 1.71 bits per heavy atom. The van der Waals surface area contributed by atoms with E-state index < -0.39 is 10.0 Å². The van der Waals surface area contributed by atoms with E-state index in [1.807, 2.05) is 24.3 Å². The summed E-state index contributed by atoms with van der Waals surface area (Å²) < 4.78 is 32.6. The number of carbonyl (C=O) groups is 1. The van der Waals surface area contributed by atoms with Crippen LogP contribution in [0.4, 0.5) is 5.69 Å². The van der Waals surface area contributed by atoms with Gasteiger partial charge in [0, 0.05) is 38.4 Å². The van der Waals surface area contributed by atoms with Gasteiger partial charge in [-0.15, -0.1) is 0 Å². The maximum Gasteiger partial charge on any atom is 0.243 e. The Labute approximate surface area is 184 Å². The van der Waals surface area contributed by atoms with Crippen molar-refractivity contribution >= 4 is 21.6 Å². The zero-order valence-electron chi connectivity index (χ0n) is 17.6. The van der Waals surface area contributed by atoms with E-state index in [1.165, 1.54) is 9.87 Å². The number of anilines is 1. The van der Waals surface area contributed by atoms with E-state index in [1.54, 1.807) is 30.3 Å². The normalized spacial score (nSPS) is 21.0. The van der Waals surface area contributed by atoms with E-state index in [-0.39, 0.29) is 23.3 Å². The Balaban J connectivity index is 1.35. The number of carbonyl (C=O) groups excluding carboxylic acids is 1. The first-order chi connectivity index (χ1) is 15.0. The Bertz CT molecular complexity index is 974. The third-order valence-corrected chi connectivity index (χ3v) is 7.75. The molecule has 1 N–H and O–H groups in total. The van der Waals surface area contributed by atoms with Gasteiger partial charge in [-0.1, -0.05) is 30.3 Å². The molecule has 1 unspecified atom stereocenters. The number of benzene rings is 2. The van der Waals surface area contributed by atoms with Gasteiger partial charge in [-0.2, -0.15) is 4.31 Å². The summed E-state index contributed by atoms with van der Waals surface area (Å²) in [6.07, 6.45) is 1.35. The first kappa shape index (κ1) is 22.0. The number of hydrogen-bond acceptors (Lipinski definition) is 5. The van der Waals surface area contributed by atoms with Gasteiger partial charge in [0.2, 0.25) is 15.9 Å². The van der Waals surface area contributed by atoms with Crippen LogP contribution < -0.4 is 5.32 Å². The minimum Gasteiger partial charge on any atom is -0.379 e. The second kappa shape index (κ2) is 9.91. The molecule has 2 saturated heterocycles. The van der Waals surface area contributed by atoms with Gasteiger partial charge in [-0.05, 0) is 42.7 Å². The molecule has 2 heterocycles. The number of rotatable bonds is 6. The van der Waals surface area contributed by atoms with Crippen LogP contribution >= 0.6 is 0 Å². The zero-order chi connectivity index (χ0) is 21.7. The van der Waals surface area contributed by atoms with Crippen molar-refractivity contribution in [3.63, 3.8) is 0 Å². The van der Waals surface area contributed by atoms with Crippen LogP contribution in [0.3, 0.4) is 0 Å². The first-order valence-electron chi connectivity index (χ1n) is 10.8. The predicted molar refractivity (Wildman–Crippen MR) is 119 cm³/mol. The summed E-state index contributed by atoms with van der Waals surface area (Å²) in [6, 6.07) is 16.3. The summed E-state index contributed by atoms with van der Waals surface area (Å²) in [5, 5.41) is 2.96. The molecule has 0 aliphatic carbocycles. The van der Waals surface area contributed by atoms with Crippen LogP contribution in [0.2, 0.25) is 0 Å². The second-order valence-electron chi connectivity index (χ2n) is 8.09. The molecule has 0 spiro atoms. The smallest absolute Gasteiger partial charge is 0.243 e. The van der Waals surface area contributed by atoms with Crippen LogP contribution in [-0.4, -0.2) is 62.9 Å². The van der Waals surface area contributed by atoms with Gasteiger partial charge in [-0.25, -0.2) is 8.42 Å². The van der Waals surface area contributed by atoms with Crippen molar-refractivity contribution in [1.29, 1.82) is 0 Å². The van der Waals surface area contributed by atoms with Gasteiger partial charge in [0.1, 0.15) is 0 Å². The highest BCUT2D eigenvalue weighted by Gasteiger charge is 2.33. The zero-order valence-corrected chi connectivity index (χ0v) is 18.4. The Morgan fingerprint density at radius 1 is 1.00 bits per heavy atom. The van der Waals surface area contributed by atoms with E-state index in [0.717, 1.165) is 38.5 Å². The minimum atomic E-state index is -3.58. The van der Waals surface area contributed by atoms with E-state index in [4.69, 9.17) is 4.74 Å². The van der Waals surface area contributed by atoms with E-state index in [2.05, 4.69) is 10.2 Å². The number of piperidine rings is 1. The van der Waals surface area contributed by atoms with E-state index in [9.17, 15) is 13.2 Å². The number of nitrogens with zero attached hydrogens (tertiary/aromatic N) is 2. The third kappa shape index (κ3) is 5.51. The summed E-state index contributed by atoms with van der Waals surface area (Å²) in [7, 11) is -3.58. The topological polar surface area (TPSA) is 79.0 Å². The number of ether oxygens (including phenoxy) is 1. The molecule has 0 radical (unpaired) electrons. The third-order valence-electron chi connectivity index (χ3n) is 5.87. The highest BCUT2D eigenvalue weighted by atomic mass is 32.2. The first-order valence-corrected chi connectivity index (χ1v) is 12.2. The number of nitrogens with one attached hydrogen (secondary N) is 1. The van der Waals surface area contributed by atoms with Crippen molar-refractivity contribution in [3.8, 4) is 0 Å². The van der Waals surface area contributed by atoms with Gasteiger partial charge < -0.3 is 10.1 Å². The molecule has 2 aromatic carbocycles. The average Bonchev–Trinajstić information content (AvgIpc) is 2.82. The fourth-order valence-electron chi connectivity index (χ4n) is 4.07. The van der Waals surface area contributed by atoms with Crippen molar-refractivity contribution in [2.24, 2.45) is 5.92 Å². The molecule has 4 rings (SSSR count). The van der Waals surface area contributed by atoms with Gasteiger partial charge >= 0.3 is 0 Å². The Morgan fingerprint density at radius 3 is 2.42 bits per heavy atom. The highest BCUT2D eigenvalue weighted by Crippen LogP contribution is 2.25. The maximum absolute atomic E-state index is 12.9. The van der Waals surface area contributed by atoms with E-state index >= 15 is 0 Å². The highest BCUT2D eigenvalue weighted by molar-refractivity contribution is 7.89. The lowest BCUT2D eigenvalue weighted by molar-refractivity contribution is -0.120. The molecule has 1 atom stereocenters. The van der Waals surface area contributed by atoms with Crippen LogP contribution in [0.25, 0.3) is 0 Å². The molecule has 0 saturated carbocycles. The van der Waals surface area contributed by atoms with Crippen molar-refractivity contribution in [3.05, 3.63) is 60.2 Å². The number of hydrogen-bond donors (Lipinski definition) is 1. The van der Waals surface area contributed by atoms with Crippen LogP contribution in [-0.2, 0) is 26.1 Å². The van der Waals surface area contributed by atoms with Crippen LogP contribution in [0, 0.1) is 5.92 Å². The van der Waals surface area contributed by atoms with Crippen molar-refractivity contribution in [1.82, 2.24) is 9.21 Å². The molecule has 2 aliphatic rings. The molecule has 8 heteroatoms. The minimum absolute atomic E-state index is 0.131. The molecule has 0 aromatic heterocycles. The maximum atomic E-state index is 12.9. The largest absolute Gasteiger partial charge is 0.379 e. The number of morpholine rings is 1. The average molecular weight is 444 g/mol. The molecular formula is C23H29N3O4S. The molecular weight excluding hydrogens is 414 g/mol. The fraction of sp³-hybridized carbons (Fsp3) is 0.435. The lowest BCUT2D eigenvalue weighted by Crippen LogP contribution is -2.43. The quantitative estimate of drug-likeness (QED) is 0.742. The summed E-state index contributed by atoms with van der Waals surface area (Å²) in [5.41, 5.74) is 1.93. The predicted octanol–water partition coefficient (Wildman–Crippen LogP) is 2.56. The lowest BCUT2D eigenvalue weighted by Gasteiger charge is -2.31. The van der Waals surface area contributed by atoms with Crippen LogP contribution in [0.15, 0.2) is 59.5 Å². The molecule has 2 fully saturated rings. The Hall–Kier alpha value is -2.26. The van der Waals surface area contributed by atoms with Crippen molar-refractivity contribution in [2.75, 3.05) is 44.7 Å². The van der Waals surface area contributed by atoms with Crippen LogP contribution in [0.1, 0.15) is 18.4 Å². The lowest BCUT2D eigenvalue weighted by atomic mass is 9.98. The molecule has 31 heavy (non-hydrogen) atoms. The standard InChI is InChI=1S/C23H29N3O4S/c27-23(24-21-10-8-19(9-11-21)17-25-13-15-30-16-14-25)20-5-4-12-26(18-20)31(28,29)22-6-2-1-3-7-22/h1-3,6-11,20H,4-5,12-18H2,(H,24,27). The van der Waals surface area contributed by atoms with Crippen molar-refractivity contribution < 1.29 is 17.9 Å².